The Balaban J connectivity index is 1.60. The number of carbonyl (C=O) groups is 2. The first kappa shape index (κ1) is 22.5. The lowest BCUT2D eigenvalue weighted by atomic mass is 9.95. The minimum atomic E-state index is -0.572. The molecule has 9 heteroatoms. The van der Waals surface area contributed by atoms with Gasteiger partial charge in [-0.3, -0.25) is 14.7 Å². The van der Waals surface area contributed by atoms with Gasteiger partial charge < -0.3 is 20.5 Å². The molecule has 2 amide bonds. The number of rotatable bonds is 7. The fourth-order valence-corrected chi connectivity index (χ4v) is 4.49. The number of nitrogens with two attached hydrogens (primary N) is 1. The average Bonchev–Trinajstić information content (AvgIpc) is 3.39. The molecule has 0 saturated heterocycles. The van der Waals surface area contributed by atoms with E-state index in [9.17, 15) is 14.7 Å². The number of aromatic hydroxyl groups is 1. The quantitative estimate of drug-likeness (QED) is 0.362. The van der Waals surface area contributed by atoms with Gasteiger partial charge in [0.05, 0.1) is 6.04 Å². The molecule has 0 bridgehead atoms. The third-order valence-corrected chi connectivity index (χ3v) is 6.27. The molecule has 5 rings (SSSR count). The van der Waals surface area contributed by atoms with Crippen molar-refractivity contribution in [2.45, 2.75) is 12.6 Å². The molecular formula is C26H21ClN4O4. The number of benzene rings is 3. The molecule has 0 fully saturated rings. The molecule has 0 radical (unpaired) electrons. The highest BCUT2D eigenvalue weighted by atomic mass is 35.5. The fourth-order valence-electron chi connectivity index (χ4n) is 4.30. The summed E-state index contributed by atoms with van der Waals surface area (Å²) < 4.78 is 5.38. The molecule has 0 spiro atoms. The lowest BCUT2D eigenvalue weighted by Crippen LogP contribution is -2.29. The molecule has 0 saturated carbocycles. The largest absolute Gasteiger partial charge is 0.507 e. The highest BCUT2D eigenvalue weighted by Gasteiger charge is 2.42. The van der Waals surface area contributed by atoms with Crippen molar-refractivity contribution in [2.75, 3.05) is 6.61 Å². The summed E-state index contributed by atoms with van der Waals surface area (Å²) in [4.78, 5) is 26.3. The maximum Gasteiger partial charge on any atom is 0.273 e. The molecule has 1 aliphatic rings. The number of hydrogen-bond acceptors (Lipinski definition) is 5. The number of aromatic amines is 1. The number of fused-ring (bicyclic) bond motifs is 1. The van der Waals surface area contributed by atoms with Gasteiger partial charge in [-0.2, -0.15) is 5.10 Å². The second-order valence-electron chi connectivity index (χ2n) is 8.13. The number of H-pyrrole nitrogens is 1. The monoisotopic (exact) mass is 488 g/mol. The number of nitrogens with one attached hydrogen (secondary N) is 1. The summed E-state index contributed by atoms with van der Waals surface area (Å²) in [6, 6.07) is 20.8. The molecule has 3 aromatic carbocycles. The van der Waals surface area contributed by atoms with Crippen molar-refractivity contribution < 1.29 is 19.4 Å². The smallest absolute Gasteiger partial charge is 0.273 e. The summed E-state index contributed by atoms with van der Waals surface area (Å²) in [5, 5.41) is 18.3. The van der Waals surface area contributed by atoms with Crippen LogP contribution in [-0.2, 0) is 11.3 Å². The molecule has 0 unspecified atom stereocenters. The first-order chi connectivity index (χ1) is 16.9. The Hall–Kier alpha value is -4.30. The van der Waals surface area contributed by atoms with E-state index < -0.39 is 11.9 Å². The summed E-state index contributed by atoms with van der Waals surface area (Å²) in [5.41, 5.74) is 8.79. The molecule has 0 aliphatic carbocycles. The Morgan fingerprint density at radius 1 is 1.09 bits per heavy atom. The summed E-state index contributed by atoms with van der Waals surface area (Å²) in [6.07, 6.45) is 0. The highest BCUT2D eigenvalue weighted by Crippen LogP contribution is 2.45. The van der Waals surface area contributed by atoms with Crippen LogP contribution in [0, 0.1) is 0 Å². The summed E-state index contributed by atoms with van der Waals surface area (Å²) in [5.74, 6) is -0.263. The first-order valence-electron chi connectivity index (χ1n) is 10.9. The Morgan fingerprint density at radius 3 is 2.51 bits per heavy atom. The molecule has 4 aromatic rings. The Kier molecular flexibility index (Phi) is 5.88. The zero-order valence-electron chi connectivity index (χ0n) is 18.4. The maximum absolute atomic E-state index is 13.5. The van der Waals surface area contributed by atoms with Crippen molar-refractivity contribution >= 4 is 23.4 Å². The van der Waals surface area contributed by atoms with E-state index in [0.717, 1.165) is 11.1 Å². The number of amides is 2. The van der Waals surface area contributed by atoms with Crippen LogP contribution in [0.3, 0.4) is 0 Å². The van der Waals surface area contributed by atoms with Gasteiger partial charge in [-0.1, -0.05) is 54.1 Å². The Labute approximate surface area is 205 Å². The van der Waals surface area contributed by atoms with Gasteiger partial charge in [-0.15, -0.1) is 0 Å². The summed E-state index contributed by atoms with van der Waals surface area (Å²) in [7, 11) is 0. The van der Waals surface area contributed by atoms with Crippen LogP contribution in [0.15, 0.2) is 72.8 Å². The van der Waals surface area contributed by atoms with Gasteiger partial charge in [0.15, 0.2) is 6.61 Å². The minimum absolute atomic E-state index is 0.0627. The molecule has 1 atom stereocenters. The van der Waals surface area contributed by atoms with Crippen molar-refractivity contribution in [3.05, 3.63) is 100 Å². The second kappa shape index (κ2) is 9.15. The van der Waals surface area contributed by atoms with Crippen LogP contribution in [0.5, 0.6) is 11.5 Å². The number of ether oxygens (including phenoxy) is 1. The standard InChI is InChI=1S/C26H21ClN4O4/c27-19-7-3-1-5-16(19)13-31-25(15-9-11-17(12-10-15)35-14-21(28)33)22-23(29-30-24(22)26(31)34)18-6-2-4-8-20(18)32/h1-12,25,32H,13-14H2,(H2,28,33)(H,29,30)/t25-/m1/s1. The SMILES string of the molecule is NC(=O)COc1ccc([C@@H]2c3c(-c4ccccc4O)n[nH]c3C(=O)N2Cc2ccccc2Cl)cc1. The van der Waals surface area contributed by atoms with E-state index in [-0.39, 0.29) is 24.8 Å². The van der Waals surface area contributed by atoms with Gasteiger partial charge in [0, 0.05) is 22.7 Å². The Morgan fingerprint density at radius 2 is 1.80 bits per heavy atom. The maximum atomic E-state index is 13.5. The number of carbonyl (C=O) groups excluding carboxylic acids is 2. The van der Waals surface area contributed by atoms with Crippen LogP contribution in [0.1, 0.15) is 33.2 Å². The van der Waals surface area contributed by atoms with Crippen molar-refractivity contribution in [2.24, 2.45) is 5.73 Å². The van der Waals surface area contributed by atoms with Crippen molar-refractivity contribution in [1.29, 1.82) is 0 Å². The number of phenols is 1. The molecule has 35 heavy (non-hydrogen) atoms. The third kappa shape index (κ3) is 4.20. The number of nitrogens with zero attached hydrogens (tertiary/aromatic N) is 2. The number of para-hydroxylation sites is 1. The first-order valence-corrected chi connectivity index (χ1v) is 11.2. The van der Waals surface area contributed by atoms with Gasteiger partial charge in [0.25, 0.3) is 11.8 Å². The van der Waals surface area contributed by atoms with Gasteiger partial charge in [0.2, 0.25) is 0 Å². The molecule has 1 aliphatic heterocycles. The zero-order valence-corrected chi connectivity index (χ0v) is 19.2. The number of halogens is 1. The number of aromatic nitrogens is 2. The van der Waals surface area contributed by atoms with Gasteiger partial charge >= 0.3 is 0 Å². The topological polar surface area (TPSA) is 122 Å². The van der Waals surface area contributed by atoms with Gasteiger partial charge in [0.1, 0.15) is 22.9 Å². The van der Waals surface area contributed by atoms with Crippen LogP contribution in [0.25, 0.3) is 11.3 Å². The third-order valence-electron chi connectivity index (χ3n) is 5.90. The van der Waals surface area contributed by atoms with Crippen LogP contribution < -0.4 is 10.5 Å². The van der Waals surface area contributed by atoms with Gasteiger partial charge in [-0.05, 0) is 41.5 Å². The van der Waals surface area contributed by atoms with Crippen LogP contribution in [0.4, 0.5) is 0 Å². The minimum Gasteiger partial charge on any atom is -0.507 e. The molecule has 176 valence electrons. The van der Waals surface area contributed by atoms with Crippen molar-refractivity contribution in [1.82, 2.24) is 15.1 Å². The zero-order chi connectivity index (χ0) is 24.5. The lowest BCUT2D eigenvalue weighted by molar-refractivity contribution is -0.119. The van der Waals surface area contributed by atoms with Crippen molar-refractivity contribution in [3.63, 3.8) is 0 Å². The second-order valence-corrected chi connectivity index (χ2v) is 8.54. The molecule has 4 N–H and O–H groups in total. The van der Waals surface area contributed by atoms with Crippen LogP contribution >= 0.6 is 11.6 Å². The molecular weight excluding hydrogens is 468 g/mol. The van der Waals surface area contributed by atoms with Crippen molar-refractivity contribution in [3.8, 4) is 22.8 Å². The van der Waals surface area contributed by atoms with E-state index in [4.69, 9.17) is 22.1 Å². The predicted molar refractivity (Wildman–Crippen MR) is 130 cm³/mol. The number of phenolic OH excluding ortho intramolecular Hbond substituents is 1. The van der Waals surface area contributed by atoms with E-state index in [2.05, 4.69) is 10.2 Å². The normalized spacial score (nSPS) is 14.7. The molecule has 1 aromatic heterocycles. The predicted octanol–water partition coefficient (Wildman–Crippen LogP) is 4.05. The highest BCUT2D eigenvalue weighted by molar-refractivity contribution is 6.31. The number of hydrogen-bond donors (Lipinski definition) is 3. The molecule has 8 nitrogen and oxygen atoms in total. The summed E-state index contributed by atoms with van der Waals surface area (Å²) >= 11 is 6.41. The fraction of sp³-hybridized carbons (Fsp3) is 0.115. The summed E-state index contributed by atoms with van der Waals surface area (Å²) in [6.45, 7) is 0.0367. The van der Waals surface area contributed by atoms with Crippen LogP contribution in [0.2, 0.25) is 5.02 Å². The number of primary amides is 1. The molecule has 2 heterocycles. The van der Waals surface area contributed by atoms with Crippen LogP contribution in [-0.4, -0.2) is 38.6 Å². The van der Waals surface area contributed by atoms with E-state index in [0.29, 0.717) is 33.3 Å². The Bertz CT molecular complexity index is 1420. The van der Waals surface area contributed by atoms with E-state index in [1.165, 1.54) is 0 Å². The van der Waals surface area contributed by atoms with E-state index in [1.807, 2.05) is 30.3 Å². The van der Waals surface area contributed by atoms with E-state index in [1.54, 1.807) is 47.4 Å². The lowest BCUT2D eigenvalue weighted by Gasteiger charge is -2.27. The average molecular weight is 489 g/mol. The van der Waals surface area contributed by atoms with E-state index >= 15 is 0 Å². The van der Waals surface area contributed by atoms with Gasteiger partial charge in [-0.25, -0.2) is 0 Å².